The fraction of sp³-hybridized carbons (Fsp3) is 0.571. The molecule has 0 aromatic carbocycles. The number of hydrogen-bond donors (Lipinski definition) is 3. The molecule has 0 aliphatic carbocycles. The van der Waals surface area contributed by atoms with Crippen molar-refractivity contribution in [3.8, 4) is 0 Å². The van der Waals surface area contributed by atoms with Crippen LogP contribution < -0.4 is 5.73 Å². The van der Waals surface area contributed by atoms with Crippen molar-refractivity contribution in [1.82, 2.24) is 15.4 Å². The second-order valence-corrected chi connectivity index (χ2v) is 2.71. The molecule has 1 aromatic rings. The topological polar surface area (TPSA) is 105 Å². The number of carbonyl (C=O) groups is 1. The van der Waals surface area contributed by atoms with Gasteiger partial charge in [0.25, 0.3) is 0 Å². The van der Waals surface area contributed by atoms with Crippen molar-refractivity contribution in [1.29, 1.82) is 0 Å². The lowest BCUT2D eigenvalue weighted by Crippen LogP contribution is -2.21. The number of nitrogens with zero attached hydrogens (tertiary/aromatic N) is 2. The highest BCUT2D eigenvalue weighted by Gasteiger charge is 2.38. The summed E-state index contributed by atoms with van der Waals surface area (Å²) >= 11 is 0. The van der Waals surface area contributed by atoms with Crippen LogP contribution in [0.5, 0.6) is 0 Å². The number of hydrogen-bond acceptors (Lipinski definition) is 4. The minimum absolute atomic E-state index is 0.0312. The monoisotopic (exact) mass is 240 g/mol. The number of alkyl halides is 3. The van der Waals surface area contributed by atoms with Crippen LogP contribution in [-0.2, 0) is 4.79 Å². The quantitative estimate of drug-likeness (QED) is 0.710. The third-order valence-corrected chi connectivity index (χ3v) is 1.50. The van der Waals surface area contributed by atoms with Crippen molar-refractivity contribution in [2.24, 2.45) is 5.73 Å². The Morgan fingerprint density at radius 3 is 2.44 bits per heavy atom. The minimum Gasteiger partial charge on any atom is -0.475 e. The predicted molar refractivity (Wildman–Crippen MR) is 47.3 cm³/mol. The molecule has 1 rings (SSSR count). The Hall–Kier alpha value is -1.64. The molecule has 0 spiro atoms. The van der Waals surface area contributed by atoms with E-state index in [2.05, 4.69) is 15.4 Å². The van der Waals surface area contributed by atoms with Crippen LogP contribution in [0.2, 0.25) is 0 Å². The SMILES string of the molecule is CCC(N)c1cn[nH]n1.O=C(O)C(F)(F)F. The first-order valence-electron chi connectivity index (χ1n) is 4.20. The van der Waals surface area contributed by atoms with Crippen LogP contribution in [-0.4, -0.2) is 32.7 Å². The van der Waals surface area contributed by atoms with Crippen molar-refractivity contribution in [3.05, 3.63) is 11.9 Å². The summed E-state index contributed by atoms with van der Waals surface area (Å²) in [7, 11) is 0. The van der Waals surface area contributed by atoms with E-state index in [-0.39, 0.29) is 6.04 Å². The Balaban J connectivity index is 0.000000293. The molecule has 0 saturated heterocycles. The van der Waals surface area contributed by atoms with Crippen molar-refractivity contribution < 1.29 is 23.1 Å². The number of nitrogens with two attached hydrogens (primary N) is 1. The van der Waals surface area contributed by atoms with E-state index in [1.54, 1.807) is 6.20 Å². The van der Waals surface area contributed by atoms with Crippen LogP contribution in [0, 0.1) is 0 Å². The van der Waals surface area contributed by atoms with Gasteiger partial charge in [0.1, 0.15) is 0 Å². The van der Waals surface area contributed by atoms with E-state index in [4.69, 9.17) is 15.6 Å². The number of rotatable bonds is 2. The molecule has 9 heteroatoms. The molecule has 92 valence electrons. The maximum atomic E-state index is 10.6. The highest BCUT2D eigenvalue weighted by molar-refractivity contribution is 5.73. The first kappa shape index (κ1) is 14.4. The largest absolute Gasteiger partial charge is 0.490 e. The van der Waals surface area contributed by atoms with Crippen molar-refractivity contribution in [2.75, 3.05) is 0 Å². The van der Waals surface area contributed by atoms with E-state index in [1.165, 1.54) is 0 Å². The molecule has 1 heterocycles. The molecular weight excluding hydrogens is 229 g/mol. The van der Waals surface area contributed by atoms with Crippen LogP contribution in [0.1, 0.15) is 25.1 Å². The Labute approximate surface area is 88.6 Å². The summed E-state index contributed by atoms with van der Waals surface area (Å²) in [5.74, 6) is -2.76. The molecule has 1 aromatic heterocycles. The van der Waals surface area contributed by atoms with Crippen LogP contribution in [0.15, 0.2) is 6.20 Å². The maximum absolute atomic E-state index is 10.6. The first-order chi connectivity index (χ1) is 7.29. The summed E-state index contributed by atoms with van der Waals surface area (Å²) in [5.41, 5.74) is 6.45. The van der Waals surface area contributed by atoms with Gasteiger partial charge < -0.3 is 10.8 Å². The van der Waals surface area contributed by atoms with Gasteiger partial charge in [-0.25, -0.2) is 4.79 Å². The molecule has 1 unspecified atom stereocenters. The molecule has 6 nitrogen and oxygen atoms in total. The summed E-state index contributed by atoms with van der Waals surface area (Å²) in [6.45, 7) is 2.01. The normalized spacial score (nSPS) is 12.6. The van der Waals surface area contributed by atoms with Gasteiger partial charge in [-0.2, -0.15) is 28.6 Å². The lowest BCUT2D eigenvalue weighted by Gasteiger charge is -2.00. The number of halogens is 3. The zero-order valence-corrected chi connectivity index (χ0v) is 8.32. The lowest BCUT2D eigenvalue weighted by molar-refractivity contribution is -0.192. The number of carboxylic acid groups (broad SMARTS) is 1. The Morgan fingerprint density at radius 2 is 2.19 bits per heavy atom. The molecule has 0 aliphatic heterocycles. The second-order valence-electron chi connectivity index (χ2n) is 2.71. The average molecular weight is 240 g/mol. The van der Waals surface area contributed by atoms with Crippen molar-refractivity contribution in [3.63, 3.8) is 0 Å². The van der Waals surface area contributed by atoms with E-state index in [9.17, 15) is 13.2 Å². The average Bonchev–Trinajstić information content (AvgIpc) is 2.69. The number of carboxylic acids is 1. The molecule has 16 heavy (non-hydrogen) atoms. The zero-order valence-electron chi connectivity index (χ0n) is 8.32. The third kappa shape index (κ3) is 5.29. The number of aromatic nitrogens is 3. The Kier molecular flexibility index (Phi) is 5.43. The molecule has 0 radical (unpaired) electrons. The summed E-state index contributed by atoms with van der Waals surface area (Å²) in [5, 5.41) is 17.1. The van der Waals surface area contributed by atoms with Crippen LogP contribution >= 0.6 is 0 Å². The van der Waals surface area contributed by atoms with E-state index < -0.39 is 12.1 Å². The van der Waals surface area contributed by atoms with Gasteiger partial charge in [-0.15, -0.1) is 0 Å². The fourth-order valence-corrected chi connectivity index (χ4v) is 0.598. The van der Waals surface area contributed by atoms with Gasteiger partial charge in [0.2, 0.25) is 0 Å². The smallest absolute Gasteiger partial charge is 0.475 e. The highest BCUT2D eigenvalue weighted by atomic mass is 19.4. The number of nitrogens with one attached hydrogen (secondary N) is 1. The van der Waals surface area contributed by atoms with Crippen LogP contribution in [0.3, 0.4) is 0 Å². The molecule has 0 bridgehead atoms. The van der Waals surface area contributed by atoms with Crippen LogP contribution in [0.25, 0.3) is 0 Å². The molecule has 4 N–H and O–H groups in total. The molecule has 0 saturated carbocycles. The van der Waals surface area contributed by atoms with Gasteiger partial charge in [0, 0.05) is 0 Å². The molecule has 0 aliphatic rings. The van der Waals surface area contributed by atoms with Gasteiger partial charge >= 0.3 is 12.1 Å². The minimum atomic E-state index is -5.08. The Morgan fingerprint density at radius 1 is 1.69 bits per heavy atom. The number of H-pyrrole nitrogens is 1. The zero-order chi connectivity index (χ0) is 12.8. The molecule has 0 amide bonds. The van der Waals surface area contributed by atoms with Gasteiger partial charge in [0.15, 0.2) is 0 Å². The van der Waals surface area contributed by atoms with Crippen LogP contribution in [0.4, 0.5) is 13.2 Å². The summed E-state index contributed by atoms with van der Waals surface area (Å²) < 4.78 is 31.7. The van der Waals surface area contributed by atoms with Gasteiger partial charge in [-0.05, 0) is 6.42 Å². The van der Waals surface area contributed by atoms with E-state index in [0.717, 1.165) is 12.1 Å². The fourth-order valence-electron chi connectivity index (χ4n) is 0.598. The molecular formula is C7H11F3N4O2. The standard InChI is InChI=1S/C5H10N4.C2HF3O2/c1-2-4(6)5-3-7-9-8-5;3-2(4,5)1(6)7/h3-4H,2,6H2,1H3,(H,7,8,9);(H,6,7). The number of aromatic amines is 1. The Bertz CT molecular complexity index is 312. The summed E-state index contributed by atoms with van der Waals surface area (Å²) in [6, 6.07) is 0.0312. The third-order valence-electron chi connectivity index (χ3n) is 1.50. The lowest BCUT2D eigenvalue weighted by atomic mass is 10.2. The van der Waals surface area contributed by atoms with E-state index in [1.807, 2.05) is 6.92 Å². The molecule has 1 atom stereocenters. The maximum Gasteiger partial charge on any atom is 0.490 e. The van der Waals surface area contributed by atoms with Crippen molar-refractivity contribution >= 4 is 5.97 Å². The number of aliphatic carboxylic acids is 1. The van der Waals surface area contributed by atoms with Gasteiger partial charge in [-0.1, -0.05) is 6.92 Å². The summed E-state index contributed by atoms with van der Waals surface area (Å²) in [6.07, 6.45) is -2.54. The second kappa shape index (κ2) is 6.05. The predicted octanol–water partition coefficient (Wildman–Crippen LogP) is 0.848. The van der Waals surface area contributed by atoms with Gasteiger partial charge in [0.05, 0.1) is 17.9 Å². The van der Waals surface area contributed by atoms with Crippen molar-refractivity contribution in [2.45, 2.75) is 25.6 Å². The highest BCUT2D eigenvalue weighted by Crippen LogP contribution is 2.13. The van der Waals surface area contributed by atoms with Gasteiger partial charge in [-0.3, -0.25) is 0 Å². The van der Waals surface area contributed by atoms with E-state index >= 15 is 0 Å². The molecule has 0 fully saturated rings. The summed E-state index contributed by atoms with van der Waals surface area (Å²) in [4.78, 5) is 8.90. The van der Waals surface area contributed by atoms with E-state index in [0.29, 0.717) is 0 Å². The first-order valence-corrected chi connectivity index (χ1v) is 4.20.